The summed E-state index contributed by atoms with van der Waals surface area (Å²) in [5.74, 6) is 1.14. The summed E-state index contributed by atoms with van der Waals surface area (Å²) < 4.78 is 5.61. The number of amides is 1. The van der Waals surface area contributed by atoms with E-state index in [2.05, 4.69) is 41.6 Å². The van der Waals surface area contributed by atoms with Gasteiger partial charge in [-0.25, -0.2) is 5.01 Å². The molecule has 0 unspecified atom stereocenters. The number of aliphatic hydroxyl groups excluding tert-OH is 1. The van der Waals surface area contributed by atoms with Crippen LogP contribution in [0.2, 0.25) is 0 Å². The predicted octanol–water partition coefficient (Wildman–Crippen LogP) is 3.41. The molecule has 29 heavy (non-hydrogen) atoms. The Labute approximate surface area is 171 Å². The van der Waals surface area contributed by atoms with Crippen LogP contribution in [0, 0.1) is 12.8 Å². The van der Waals surface area contributed by atoms with Gasteiger partial charge in [-0.05, 0) is 49.8 Å². The van der Waals surface area contributed by atoms with Gasteiger partial charge in [-0.15, -0.1) is 0 Å². The lowest BCUT2D eigenvalue weighted by Crippen LogP contribution is -2.41. The molecule has 6 nitrogen and oxygen atoms in total. The number of hydrazone groups is 1. The fraction of sp³-hybridized carbons (Fsp3) is 0.478. The molecule has 1 amide bonds. The highest BCUT2D eigenvalue weighted by Crippen LogP contribution is 2.33. The third kappa shape index (κ3) is 4.43. The first-order valence-electron chi connectivity index (χ1n) is 10.5. The second-order valence-electron chi connectivity index (χ2n) is 8.08. The zero-order valence-electron chi connectivity index (χ0n) is 16.9. The number of carbonyl (C=O) groups excluding carboxylic acids is 1. The Morgan fingerprint density at radius 3 is 2.83 bits per heavy atom. The number of hydrogen-bond donors (Lipinski definition) is 2. The first-order valence-corrected chi connectivity index (χ1v) is 10.5. The van der Waals surface area contributed by atoms with Crippen molar-refractivity contribution in [2.45, 2.75) is 51.1 Å². The third-order valence-electron chi connectivity index (χ3n) is 6.10. The minimum Gasteiger partial charge on any atom is -0.467 e. The van der Waals surface area contributed by atoms with Crippen molar-refractivity contribution in [3.05, 3.63) is 59.5 Å². The van der Waals surface area contributed by atoms with Crippen molar-refractivity contribution < 1.29 is 14.3 Å². The van der Waals surface area contributed by atoms with Gasteiger partial charge >= 0.3 is 0 Å². The van der Waals surface area contributed by atoms with Gasteiger partial charge in [-0.3, -0.25) is 4.79 Å². The second kappa shape index (κ2) is 8.93. The van der Waals surface area contributed by atoms with Gasteiger partial charge in [-0.1, -0.05) is 36.2 Å². The Bertz CT molecular complexity index is 845. The summed E-state index contributed by atoms with van der Waals surface area (Å²) in [4.78, 5) is 13.1. The molecule has 1 aliphatic carbocycles. The van der Waals surface area contributed by atoms with Crippen molar-refractivity contribution >= 4 is 11.6 Å². The Hall–Kier alpha value is -2.44. The minimum absolute atomic E-state index is 0.0526. The van der Waals surface area contributed by atoms with E-state index in [0.29, 0.717) is 12.3 Å². The number of carbonyl (C=O) groups is 1. The smallest absolute Gasteiger partial charge is 0.257 e. The lowest BCUT2D eigenvalue weighted by atomic mass is 10.00. The van der Waals surface area contributed by atoms with Crippen LogP contribution in [0.4, 0.5) is 0 Å². The molecule has 2 N–H and O–H groups in total. The Balaban J connectivity index is 1.48. The predicted molar refractivity (Wildman–Crippen MR) is 111 cm³/mol. The summed E-state index contributed by atoms with van der Waals surface area (Å²) in [6, 6.07) is 12.1. The van der Waals surface area contributed by atoms with E-state index in [-0.39, 0.29) is 31.1 Å². The zero-order chi connectivity index (χ0) is 20.2. The van der Waals surface area contributed by atoms with Crippen molar-refractivity contribution in [3.63, 3.8) is 0 Å². The molecule has 1 saturated carbocycles. The first-order chi connectivity index (χ1) is 14.2. The number of hydrogen-bond acceptors (Lipinski definition) is 5. The monoisotopic (exact) mass is 395 g/mol. The molecule has 154 valence electrons. The second-order valence-corrected chi connectivity index (χ2v) is 8.08. The van der Waals surface area contributed by atoms with Crippen molar-refractivity contribution in [1.29, 1.82) is 0 Å². The molecule has 2 heterocycles. The summed E-state index contributed by atoms with van der Waals surface area (Å²) in [7, 11) is 0. The summed E-state index contributed by atoms with van der Waals surface area (Å²) in [5, 5.41) is 18.9. The number of nitrogens with zero attached hydrogens (tertiary/aromatic N) is 2. The van der Waals surface area contributed by atoms with E-state index in [9.17, 15) is 9.90 Å². The van der Waals surface area contributed by atoms with E-state index in [1.165, 1.54) is 5.56 Å². The fourth-order valence-electron chi connectivity index (χ4n) is 4.48. The molecule has 0 radical (unpaired) electrons. The number of aryl methyl sites for hydroxylation is 1. The van der Waals surface area contributed by atoms with Crippen LogP contribution in [-0.2, 0) is 4.79 Å². The normalized spacial score (nSPS) is 24.1. The van der Waals surface area contributed by atoms with Crippen molar-refractivity contribution in [2.75, 3.05) is 13.2 Å². The number of furan rings is 1. The fourth-order valence-corrected chi connectivity index (χ4v) is 4.48. The van der Waals surface area contributed by atoms with Crippen LogP contribution < -0.4 is 5.32 Å². The molecule has 1 aromatic carbocycles. The summed E-state index contributed by atoms with van der Waals surface area (Å²) >= 11 is 0. The molecular formula is C23H29N3O3. The topological polar surface area (TPSA) is 78.1 Å². The lowest BCUT2D eigenvalue weighted by Gasteiger charge is -2.23. The molecule has 6 heteroatoms. The van der Waals surface area contributed by atoms with Crippen LogP contribution in [0.25, 0.3) is 0 Å². The summed E-state index contributed by atoms with van der Waals surface area (Å²) in [5.41, 5.74) is 3.13. The van der Waals surface area contributed by atoms with Crippen LogP contribution in [0.1, 0.15) is 55.0 Å². The summed E-state index contributed by atoms with van der Waals surface area (Å²) in [6.07, 6.45) is 6.38. The van der Waals surface area contributed by atoms with Crippen LogP contribution in [-0.4, -0.2) is 40.9 Å². The van der Waals surface area contributed by atoms with Gasteiger partial charge < -0.3 is 14.8 Å². The molecular weight excluding hydrogens is 366 g/mol. The average molecular weight is 396 g/mol. The van der Waals surface area contributed by atoms with Crippen molar-refractivity contribution in [1.82, 2.24) is 10.3 Å². The first kappa shape index (κ1) is 19.9. The van der Waals surface area contributed by atoms with Crippen LogP contribution in [0.3, 0.4) is 0 Å². The van der Waals surface area contributed by atoms with E-state index in [4.69, 9.17) is 4.42 Å². The molecule has 2 aliphatic rings. The van der Waals surface area contributed by atoms with Gasteiger partial charge in [0.15, 0.2) is 0 Å². The quantitative estimate of drug-likeness (QED) is 0.753. The van der Waals surface area contributed by atoms with Crippen molar-refractivity contribution in [2.24, 2.45) is 11.0 Å². The molecule has 1 fully saturated rings. The number of nitrogens with one attached hydrogen (secondary N) is 1. The van der Waals surface area contributed by atoms with Gasteiger partial charge in [0.05, 0.1) is 18.5 Å². The molecule has 1 aromatic heterocycles. The van der Waals surface area contributed by atoms with Gasteiger partial charge in [-0.2, -0.15) is 5.10 Å². The molecule has 0 spiro atoms. The highest BCUT2D eigenvalue weighted by Gasteiger charge is 2.35. The Morgan fingerprint density at radius 2 is 2.10 bits per heavy atom. The minimum atomic E-state index is -0.215. The standard InChI is InChI=1S/C23H29N3O3/c1-16-7-9-18(10-8-16)20-14-21(22-6-3-13-29-22)26(25-20)23(28)15-24-19-5-2-4-17(19)11-12-27/h3,6-10,13,17,19,21,24,27H,2,4-5,11-12,14-15H2,1H3/t17-,19-,21+/m1/s1. The maximum absolute atomic E-state index is 13.1. The molecule has 0 saturated heterocycles. The van der Waals surface area contributed by atoms with Crippen LogP contribution in [0.5, 0.6) is 0 Å². The van der Waals surface area contributed by atoms with E-state index in [1.54, 1.807) is 11.3 Å². The van der Waals surface area contributed by atoms with E-state index < -0.39 is 0 Å². The third-order valence-corrected chi connectivity index (χ3v) is 6.10. The van der Waals surface area contributed by atoms with E-state index in [0.717, 1.165) is 42.7 Å². The highest BCUT2D eigenvalue weighted by molar-refractivity contribution is 6.03. The van der Waals surface area contributed by atoms with Crippen LogP contribution >= 0.6 is 0 Å². The largest absolute Gasteiger partial charge is 0.467 e. The highest BCUT2D eigenvalue weighted by atomic mass is 16.3. The Kier molecular flexibility index (Phi) is 6.11. The molecule has 2 aromatic rings. The van der Waals surface area contributed by atoms with Gasteiger partial charge in [0.2, 0.25) is 0 Å². The van der Waals surface area contributed by atoms with E-state index >= 15 is 0 Å². The molecule has 1 aliphatic heterocycles. The lowest BCUT2D eigenvalue weighted by molar-refractivity contribution is -0.132. The maximum Gasteiger partial charge on any atom is 0.257 e. The zero-order valence-corrected chi connectivity index (χ0v) is 16.9. The van der Waals surface area contributed by atoms with Gasteiger partial charge in [0, 0.05) is 19.1 Å². The number of benzene rings is 1. The average Bonchev–Trinajstić information content (AvgIpc) is 3.47. The van der Waals surface area contributed by atoms with Gasteiger partial charge in [0.25, 0.3) is 5.91 Å². The van der Waals surface area contributed by atoms with Gasteiger partial charge in [0.1, 0.15) is 11.8 Å². The number of rotatable bonds is 7. The summed E-state index contributed by atoms with van der Waals surface area (Å²) in [6.45, 7) is 2.50. The molecule has 4 rings (SSSR count). The van der Waals surface area contributed by atoms with E-state index in [1.807, 2.05) is 12.1 Å². The molecule has 0 bridgehead atoms. The SMILES string of the molecule is Cc1ccc(C2=NN(C(=O)CN[C@@H]3CCC[C@@H]3CCO)[C@H](c3ccco3)C2)cc1. The number of aliphatic hydroxyl groups is 1. The Morgan fingerprint density at radius 1 is 1.28 bits per heavy atom. The molecule has 3 atom stereocenters. The van der Waals surface area contributed by atoms with Crippen molar-refractivity contribution in [3.8, 4) is 0 Å². The maximum atomic E-state index is 13.1. The van der Waals surface area contributed by atoms with Crippen LogP contribution in [0.15, 0.2) is 52.2 Å².